The number of hydrogen-bond acceptors (Lipinski definition) is 4. The van der Waals surface area contributed by atoms with Crippen molar-refractivity contribution in [3.05, 3.63) is 32.8 Å². The van der Waals surface area contributed by atoms with Gasteiger partial charge in [0.2, 0.25) is 0 Å². The number of nitro benzene ring substituents is 1. The maximum absolute atomic E-state index is 10.9. The van der Waals surface area contributed by atoms with E-state index in [0.29, 0.717) is 11.7 Å². The predicted octanol–water partition coefficient (Wildman–Crippen LogP) is 3.27. The summed E-state index contributed by atoms with van der Waals surface area (Å²) in [5.41, 5.74) is 0.743. The number of rotatable bonds is 3. The van der Waals surface area contributed by atoms with Crippen molar-refractivity contribution >= 4 is 39.1 Å². The molecule has 6 heteroatoms. The molecule has 0 bridgehead atoms. The Hall–Kier alpha value is -0.750. The van der Waals surface area contributed by atoms with Gasteiger partial charge < -0.3 is 5.32 Å². The minimum atomic E-state index is -0.350. The molecule has 1 heterocycles. The van der Waals surface area contributed by atoms with Crippen LogP contribution in [0.3, 0.4) is 0 Å². The monoisotopic (exact) mass is 302 g/mol. The molecule has 1 saturated heterocycles. The van der Waals surface area contributed by atoms with E-state index in [4.69, 9.17) is 0 Å². The van der Waals surface area contributed by atoms with E-state index < -0.39 is 0 Å². The molecule has 1 aliphatic rings. The lowest BCUT2D eigenvalue weighted by atomic mass is 10.2. The molecular formula is C10H11BrN2O2S. The second-order valence-electron chi connectivity index (χ2n) is 3.62. The van der Waals surface area contributed by atoms with Crippen molar-refractivity contribution in [1.82, 2.24) is 0 Å². The topological polar surface area (TPSA) is 55.2 Å². The van der Waals surface area contributed by atoms with Gasteiger partial charge in [0.1, 0.15) is 5.69 Å². The first-order valence-electron chi connectivity index (χ1n) is 4.95. The van der Waals surface area contributed by atoms with Gasteiger partial charge in [-0.2, -0.15) is 11.8 Å². The van der Waals surface area contributed by atoms with Crippen LogP contribution in [0.15, 0.2) is 22.7 Å². The van der Waals surface area contributed by atoms with Gasteiger partial charge in [-0.3, -0.25) is 10.1 Å². The molecule has 1 aromatic rings. The Balaban J connectivity index is 2.22. The van der Waals surface area contributed by atoms with Crippen molar-refractivity contribution in [3.63, 3.8) is 0 Å². The number of anilines is 1. The SMILES string of the molecule is O=[N+]([O-])c1ccc(Br)cc1NC1CCSC1. The highest BCUT2D eigenvalue weighted by atomic mass is 79.9. The molecule has 1 atom stereocenters. The van der Waals surface area contributed by atoms with Crippen LogP contribution in [-0.4, -0.2) is 22.5 Å². The standard InChI is InChI=1S/C10H11BrN2O2S/c11-7-1-2-10(13(14)15)9(5-7)12-8-3-4-16-6-8/h1-2,5,8,12H,3-4,6H2. The molecule has 0 radical (unpaired) electrons. The van der Waals surface area contributed by atoms with E-state index in [9.17, 15) is 10.1 Å². The summed E-state index contributed by atoms with van der Waals surface area (Å²) < 4.78 is 0.853. The quantitative estimate of drug-likeness (QED) is 0.688. The van der Waals surface area contributed by atoms with Gasteiger partial charge in [0.15, 0.2) is 0 Å². The molecular weight excluding hydrogens is 292 g/mol. The first-order valence-corrected chi connectivity index (χ1v) is 6.90. The van der Waals surface area contributed by atoms with Gasteiger partial charge in [0, 0.05) is 22.3 Å². The lowest BCUT2D eigenvalue weighted by molar-refractivity contribution is -0.384. The molecule has 0 saturated carbocycles. The molecule has 16 heavy (non-hydrogen) atoms. The molecule has 0 aliphatic carbocycles. The van der Waals surface area contributed by atoms with Crippen LogP contribution in [0, 0.1) is 10.1 Å². The van der Waals surface area contributed by atoms with Gasteiger partial charge in [-0.25, -0.2) is 0 Å². The number of halogens is 1. The van der Waals surface area contributed by atoms with E-state index in [-0.39, 0.29) is 10.6 Å². The van der Waals surface area contributed by atoms with Crippen LogP contribution in [0.5, 0.6) is 0 Å². The Labute approximate surface area is 106 Å². The largest absolute Gasteiger partial charge is 0.376 e. The fourth-order valence-corrected chi connectivity index (χ4v) is 3.16. The third-order valence-corrected chi connectivity index (χ3v) is 4.10. The molecule has 1 unspecified atom stereocenters. The lowest BCUT2D eigenvalue weighted by Gasteiger charge is -2.13. The number of nitrogens with one attached hydrogen (secondary N) is 1. The molecule has 1 aromatic carbocycles. The van der Waals surface area contributed by atoms with Gasteiger partial charge in [-0.05, 0) is 24.3 Å². The molecule has 1 fully saturated rings. The zero-order valence-electron chi connectivity index (χ0n) is 8.48. The summed E-state index contributed by atoms with van der Waals surface area (Å²) in [6.45, 7) is 0. The van der Waals surface area contributed by atoms with Crippen molar-refractivity contribution in [3.8, 4) is 0 Å². The minimum Gasteiger partial charge on any atom is -0.376 e. The van der Waals surface area contributed by atoms with Crippen LogP contribution in [0.4, 0.5) is 11.4 Å². The summed E-state index contributed by atoms with van der Waals surface area (Å²) in [5.74, 6) is 2.14. The Morgan fingerprint density at radius 1 is 1.56 bits per heavy atom. The summed E-state index contributed by atoms with van der Waals surface area (Å²) in [7, 11) is 0. The van der Waals surface area contributed by atoms with E-state index in [1.807, 2.05) is 11.8 Å². The summed E-state index contributed by atoms with van der Waals surface area (Å²) in [4.78, 5) is 10.5. The molecule has 0 aromatic heterocycles. The van der Waals surface area contributed by atoms with Gasteiger partial charge >= 0.3 is 0 Å². The van der Waals surface area contributed by atoms with Gasteiger partial charge in [-0.15, -0.1) is 0 Å². The first-order chi connectivity index (χ1) is 7.66. The number of thioether (sulfide) groups is 1. The molecule has 0 amide bonds. The second-order valence-corrected chi connectivity index (χ2v) is 5.69. The van der Waals surface area contributed by atoms with Crippen LogP contribution in [-0.2, 0) is 0 Å². The fraction of sp³-hybridized carbons (Fsp3) is 0.400. The molecule has 2 rings (SSSR count). The van der Waals surface area contributed by atoms with Gasteiger partial charge in [0.05, 0.1) is 4.92 Å². The Kier molecular flexibility index (Phi) is 3.70. The Morgan fingerprint density at radius 3 is 3.00 bits per heavy atom. The minimum absolute atomic E-state index is 0.139. The molecule has 86 valence electrons. The Bertz CT molecular complexity index is 408. The van der Waals surface area contributed by atoms with Crippen molar-refractivity contribution in [1.29, 1.82) is 0 Å². The van der Waals surface area contributed by atoms with E-state index in [1.165, 1.54) is 6.07 Å². The van der Waals surface area contributed by atoms with E-state index in [2.05, 4.69) is 21.2 Å². The highest BCUT2D eigenvalue weighted by molar-refractivity contribution is 9.10. The normalized spacial score (nSPS) is 19.7. The van der Waals surface area contributed by atoms with E-state index in [1.54, 1.807) is 12.1 Å². The van der Waals surface area contributed by atoms with Crippen LogP contribution in [0.25, 0.3) is 0 Å². The summed E-state index contributed by atoms with van der Waals surface area (Å²) in [6, 6.07) is 5.32. The lowest BCUT2D eigenvalue weighted by Crippen LogP contribution is -2.18. The fourth-order valence-electron chi connectivity index (χ4n) is 1.65. The average Bonchev–Trinajstić information content (AvgIpc) is 2.70. The van der Waals surface area contributed by atoms with E-state index in [0.717, 1.165) is 22.4 Å². The highest BCUT2D eigenvalue weighted by Gasteiger charge is 2.20. The zero-order valence-corrected chi connectivity index (χ0v) is 10.9. The second kappa shape index (κ2) is 5.05. The van der Waals surface area contributed by atoms with Crippen LogP contribution in [0.2, 0.25) is 0 Å². The highest BCUT2D eigenvalue weighted by Crippen LogP contribution is 2.30. The third-order valence-electron chi connectivity index (χ3n) is 2.44. The predicted molar refractivity (Wildman–Crippen MR) is 70.1 cm³/mol. The van der Waals surface area contributed by atoms with Crippen LogP contribution >= 0.6 is 27.7 Å². The smallest absolute Gasteiger partial charge is 0.292 e. The first kappa shape index (κ1) is 11.7. The van der Waals surface area contributed by atoms with E-state index >= 15 is 0 Å². The van der Waals surface area contributed by atoms with Crippen LogP contribution in [0.1, 0.15) is 6.42 Å². The number of nitro groups is 1. The average molecular weight is 303 g/mol. The summed E-state index contributed by atoms with van der Waals surface area (Å²) in [5, 5.41) is 14.1. The molecule has 1 aliphatic heterocycles. The third kappa shape index (κ3) is 2.68. The summed E-state index contributed by atoms with van der Waals surface area (Å²) >= 11 is 5.20. The van der Waals surface area contributed by atoms with Crippen molar-refractivity contribution in [2.24, 2.45) is 0 Å². The maximum Gasteiger partial charge on any atom is 0.292 e. The number of benzene rings is 1. The van der Waals surface area contributed by atoms with Crippen molar-refractivity contribution in [2.75, 3.05) is 16.8 Å². The van der Waals surface area contributed by atoms with Gasteiger partial charge in [0.25, 0.3) is 5.69 Å². The molecule has 0 spiro atoms. The van der Waals surface area contributed by atoms with Crippen molar-refractivity contribution in [2.45, 2.75) is 12.5 Å². The van der Waals surface area contributed by atoms with Gasteiger partial charge in [-0.1, -0.05) is 15.9 Å². The number of nitrogens with zero attached hydrogens (tertiary/aromatic N) is 1. The van der Waals surface area contributed by atoms with Crippen molar-refractivity contribution < 1.29 is 4.92 Å². The summed E-state index contributed by atoms with van der Waals surface area (Å²) in [6.07, 6.45) is 1.06. The zero-order chi connectivity index (χ0) is 11.5. The maximum atomic E-state index is 10.9. The van der Waals surface area contributed by atoms with Crippen LogP contribution < -0.4 is 5.32 Å². The molecule has 4 nitrogen and oxygen atoms in total. The molecule has 1 N–H and O–H groups in total. The Morgan fingerprint density at radius 2 is 2.38 bits per heavy atom. The number of hydrogen-bond donors (Lipinski definition) is 1.